The van der Waals surface area contributed by atoms with Gasteiger partial charge in [-0.25, -0.2) is 0 Å². The number of para-hydroxylation sites is 2. The molecule has 182 valence electrons. The number of H-pyrrole nitrogens is 1. The first-order chi connectivity index (χ1) is 19.3. The van der Waals surface area contributed by atoms with E-state index < -0.39 is 0 Å². The quantitative estimate of drug-likeness (QED) is 0.172. The molecule has 1 aliphatic rings. The summed E-state index contributed by atoms with van der Waals surface area (Å²) in [5.74, 6) is 0. The Balaban J connectivity index is 1.46. The highest BCUT2D eigenvalue weighted by Gasteiger charge is 2.31. The second kappa shape index (κ2) is 7.36. The number of benzene rings is 6. The molecule has 0 amide bonds. The summed E-state index contributed by atoms with van der Waals surface area (Å²) in [6, 6.07) is 40.5. The summed E-state index contributed by atoms with van der Waals surface area (Å²) >= 11 is 0. The molecule has 2 N–H and O–H groups in total. The molecule has 1 aliphatic carbocycles. The predicted molar refractivity (Wildman–Crippen MR) is 161 cm³/mol. The molecule has 2 heterocycles. The fraction of sp³-hybridized carbons (Fsp3) is 0. The van der Waals surface area contributed by atoms with Crippen molar-refractivity contribution in [2.45, 2.75) is 0 Å². The lowest BCUT2D eigenvalue weighted by molar-refractivity contribution is 0.320. The molecule has 6 aromatic carbocycles. The van der Waals surface area contributed by atoms with Gasteiger partial charge in [0.2, 0.25) is 0 Å². The minimum absolute atomic E-state index is 0.625. The SMILES string of the molecule is O/N=C1\c2ccccc2-c2c1c1c3cc(-n4c5ccccc5c5ccccc54)ccc3[nH]c1c1ccccc21. The number of nitrogens with zero attached hydrogens (tertiary/aromatic N) is 2. The van der Waals surface area contributed by atoms with Gasteiger partial charge in [-0.05, 0) is 41.3 Å². The Bertz CT molecular complexity index is 2300. The molecule has 4 nitrogen and oxygen atoms in total. The van der Waals surface area contributed by atoms with Crippen LogP contribution >= 0.6 is 0 Å². The lowest BCUT2D eigenvalue weighted by atomic mass is 9.93. The first-order valence-electron chi connectivity index (χ1n) is 13.1. The maximum absolute atomic E-state index is 10.3. The molecule has 39 heavy (non-hydrogen) atoms. The van der Waals surface area contributed by atoms with Crippen LogP contribution in [-0.2, 0) is 0 Å². The number of hydrogen-bond acceptors (Lipinski definition) is 2. The number of aromatic nitrogens is 2. The number of oxime groups is 1. The van der Waals surface area contributed by atoms with E-state index in [0.717, 1.165) is 60.5 Å². The zero-order valence-electron chi connectivity index (χ0n) is 20.8. The molecular weight excluding hydrogens is 478 g/mol. The standard InChI is InChI=1S/C35H21N3O/c39-37-35-26-14-4-2-12-24(26)31-23-11-1-3-13-25(23)34-32(33(31)35)27-19-20(17-18-28(27)36-34)38-29-15-7-5-9-21(29)22-10-6-8-16-30(22)38/h1-19,36,39H/b37-35+. The van der Waals surface area contributed by atoms with E-state index in [1.54, 1.807) is 0 Å². The van der Waals surface area contributed by atoms with Crippen LogP contribution < -0.4 is 0 Å². The first kappa shape index (κ1) is 20.7. The number of aromatic amines is 1. The van der Waals surface area contributed by atoms with Crippen LogP contribution in [0.25, 0.3) is 71.2 Å². The Hall–Kier alpha value is -5.35. The monoisotopic (exact) mass is 499 g/mol. The van der Waals surface area contributed by atoms with Gasteiger partial charge < -0.3 is 14.8 Å². The number of fused-ring (bicyclic) bond motifs is 13. The van der Waals surface area contributed by atoms with Gasteiger partial charge in [0.05, 0.1) is 16.6 Å². The van der Waals surface area contributed by atoms with E-state index in [-0.39, 0.29) is 0 Å². The van der Waals surface area contributed by atoms with Crippen molar-refractivity contribution >= 4 is 60.1 Å². The zero-order valence-corrected chi connectivity index (χ0v) is 20.8. The summed E-state index contributed by atoms with van der Waals surface area (Å²) in [5.41, 5.74) is 10.4. The maximum Gasteiger partial charge on any atom is 0.119 e. The van der Waals surface area contributed by atoms with Gasteiger partial charge in [-0.2, -0.15) is 0 Å². The first-order valence-corrected chi connectivity index (χ1v) is 13.1. The van der Waals surface area contributed by atoms with Crippen LogP contribution in [0.1, 0.15) is 11.1 Å². The minimum atomic E-state index is 0.625. The second-order valence-corrected chi connectivity index (χ2v) is 10.3. The van der Waals surface area contributed by atoms with E-state index in [4.69, 9.17) is 0 Å². The van der Waals surface area contributed by atoms with Crippen LogP contribution in [0.2, 0.25) is 0 Å². The Kier molecular flexibility index (Phi) is 3.90. The molecule has 2 aromatic heterocycles. The van der Waals surface area contributed by atoms with E-state index in [9.17, 15) is 5.21 Å². The van der Waals surface area contributed by atoms with E-state index in [0.29, 0.717) is 5.71 Å². The number of nitrogens with one attached hydrogen (secondary N) is 1. The Labute approximate surface area is 223 Å². The molecule has 0 unspecified atom stereocenters. The third-order valence-electron chi connectivity index (χ3n) is 8.37. The summed E-state index contributed by atoms with van der Waals surface area (Å²) in [4.78, 5) is 3.72. The lowest BCUT2D eigenvalue weighted by Crippen LogP contribution is -1.99. The Morgan fingerprint density at radius 1 is 0.564 bits per heavy atom. The van der Waals surface area contributed by atoms with Crippen LogP contribution in [0.5, 0.6) is 0 Å². The number of hydrogen-bond donors (Lipinski definition) is 2. The van der Waals surface area contributed by atoms with Crippen molar-refractivity contribution in [2.24, 2.45) is 5.16 Å². The van der Waals surface area contributed by atoms with Crippen molar-refractivity contribution in [1.29, 1.82) is 0 Å². The van der Waals surface area contributed by atoms with Crippen LogP contribution in [0.3, 0.4) is 0 Å². The van der Waals surface area contributed by atoms with Gasteiger partial charge in [-0.1, -0.05) is 90.1 Å². The smallest absolute Gasteiger partial charge is 0.119 e. The molecule has 0 fully saturated rings. The van der Waals surface area contributed by atoms with Gasteiger partial charge in [0, 0.05) is 54.8 Å². The molecule has 0 bridgehead atoms. The highest BCUT2D eigenvalue weighted by Crippen LogP contribution is 2.48. The highest BCUT2D eigenvalue weighted by molar-refractivity contribution is 6.38. The molecule has 9 rings (SSSR count). The van der Waals surface area contributed by atoms with E-state index in [2.05, 4.69) is 118 Å². The van der Waals surface area contributed by atoms with Crippen LogP contribution in [-0.4, -0.2) is 20.5 Å². The van der Waals surface area contributed by atoms with Gasteiger partial charge in [-0.15, -0.1) is 0 Å². The van der Waals surface area contributed by atoms with Crippen molar-refractivity contribution < 1.29 is 5.21 Å². The average Bonchev–Trinajstić information content (AvgIpc) is 3.64. The van der Waals surface area contributed by atoms with Gasteiger partial charge in [-0.3, -0.25) is 0 Å². The van der Waals surface area contributed by atoms with Crippen LogP contribution in [0.4, 0.5) is 0 Å². The molecule has 8 aromatic rings. The lowest BCUT2D eigenvalue weighted by Gasteiger charge is -2.11. The summed E-state index contributed by atoms with van der Waals surface area (Å²) in [6.45, 7) is 0. The average molecular weight is 500 g/mol. The molecule has 0 aliphatic heterocycles. The van der Waals surface area contributed by atoms with Crippen molar-refractivity contribution in [3.05, 3.63) is 126 Å². The molecule has 0 atom stereocenters. The van der Waals surface area contributed by atoms with E-state index >= 15 is 0 Å². The summed E-state index contributed by atoms with van der Waals surface area (Å²) in [5, 5.41) is 21.2. The van der Waals surface area contributed by atoms with E-state index in [1.807, 2.05) is 12.1 Å². The molecular formula is C35H21N3O. The van der Waals surface area contributed by atoms with Crippen molar-refractivity contribution in [1.82, 2.24) is 9.55 Å². The Morgan fingerprint density at radius 2 is 1.18 bits per heavy atom. The molecule has 0 radical (unpaired) electrons. The summed E-state index contributed by atoms with van der Waals surface area (Å²) in [7, 11) is 0. The van der Waals surface area contributed by atoms with Gasteiger partial charge in [0.15, 0.2) is 0 Å². The van der Waals surface area contributed by atoms with Crippen molar-refractivity contribution in [3.8, 4) is 16.8 Å². The van der Waals surface area contributed by atoms with Gasteiger partial charge >= 0.3 is 0 Å². The highest BCUT2D eigenvalue weighted by atomic mass is 16.4. The normalized spacial score (nSPS) is 13.8. The molecule has 0 saturated carbocycles. The van der Waals surface area contributed by atoms with Gasteiger partial charge in [0.25, 0.3) is 0 Å². The number of rotatable bonds is 1. The van der Waals surface area contributed by atoms with E-state index in [1.165, 1.54) is 21.8 Å². The fourth-order valence-corrected chi connectivity index (χ4v) is 6.82. The van der Waals surface area contributed by atoms with Crippen LogP contribution in [0.15, 0.2) is 120 Å². The summed E-state index contributed by atoms with van der Waals surface area (Å²) < 4.78 is 2.35. The molecule has 0 spiro atoms. The minimum Gasteiger partial charge on any atom is -0.410 e. The van der Waals surface area contributed by atoms with Crippen molar-refractivity contribution in [2.75, 3.05) is 0 Å². The molecule has 0 saturated heterocycles. The van der Waals surface area contributed by atoms with Gasteiger partial charge in [0.1, 0.15) is 5.71 Å². The third kappa shape index (κ3) is 2.55. The Morgan fingerprint density at radius 3 is 1.90 bits per heavy atom. The van der Waals surface area contributed by atoms with Crippen LogP contribution in [0, 0.1) is 0 Å². The summed E-state index contributed by atoms with van der Waals surface area (Å²) in [6.07, 6.45) is 0. The fourth-order valence-electron chi connectivity index (χ4n) is 6.82. The van der Waals surface area contributed by atoms with Crippen molar-refractivity contribution in [3.63, 3.8) is 0 Å². The predicted octanol–water partition coefficient (Wildman–Crippen LogP) is 8.78. The molecule has 4 heteroatoms. The zero-order chi connectivity index (χ0) is 25.7. The topological polar surface area (TPSA) is 53.3 Å². The third-order valence-corrected chi connectivity index (χ3v) is 8.37. The maximum atomic E-state index is 10.3. The second-order valence-electron chi connectivity index (χ2n) is 10.3. The largest absolute Gasteiger partial charge is 0.410 e.